The van der Waals surface area contributed by atoms with Gasteiger partial charge in [0.1, 0.15) is 5.75 Å². The zero-order chi connectivity index (χ0) is 21.3. The molecule has 0 aromatic heterocycles. The van der Waals surface area contributed by atoms with Gasteiger partial charge in [0.2, 0.25) is 5.91 Å². The number of nitrogens with one attached hydrogen (secondary N) is 3. The summed E-state index contributed by atoms with van der Waals surface area (Å²) in [5, 5.41) is 9.00. The van der Waals surface area contributed by atoms with Crippen LogP contribution in [0.4, 0.5) is 4.79 Å². The molecule has 1 unspecified atom stereocenters. The fourth-order valence-corrected chi connectivity index (χ4v) is 3.89. The zero-order valence-electron chi connectivity index (χ0n) is 18.2. The number of rotatable bonds is 9. The quantitative estimate of drug-likeness (QED) is 0.189. The summed E-state index contributed by atoms with van der Waals surface area (Å²) in [4.78, 5) is 31.9. The molecule has 2 saturated heterocycles. The van der Waals surface area contributed by atoms with Crippen LogP contribution in [0.15, 0.2) is 29.3 Å². The van der Waals surface area contributed by atoms with Gasteiger partial charge in [-0.3, -0.25) is 19.6 Å². The molecule has 1 atom stereocenters. The van der Waals surface area contributed by atoms with E-state index in [9.17, 15) is 9.59 Å². The molecule has 0 spiro atoms. The number of para-hydroxylation sites is 1. The number of urea groups is 1. The summed E-state index contributed by atoms with van der Waals surface area (Å²) < 4.78 is 5.60. The molecule has 2 fully saturated rings. The standard InChI is InChI=1S/C21H32N6O3.HI/c1-3-22-20(23-10-13-27-19(28)15-25-21(27)29)24-14-17(26-11-6-7-12-26)16-8-4-5-9-18(16)30-2;/h4-5,8-9,17H,3,6-7,10-15H2,1-2H3,(H,25,29)(H2,22,23,24);1H. The van der Waals surface area contributed by atoms with E-state index in [1.165, 1.54) is 17.7 Å². The maximum Gasteiger partial charge on any atom is 0.324 e. The Kier molecular flexibility index (Phi) is 10.3. The lowest BCUT2D eigenvalue weighted by molar-refractivity contribution is -0.124. The highest BCUT2D eigenvalue weighted by atomic mass is 127. The number of hydrogen-bond acceptors (Lipinski definition) is 5. The largest absolute Gasteiger partial charge is 0.496 e. The van der Waals surface area contributed by atoms with Gasteiger partial charge in [0.25, 0.3) is 0 Å². The number of imide groups is 1. The number of carbonyl (C=O) groups is 2. The van der Waals surface area contributed by atoms with Crippen molar-refractivity contribution in [2.24, 2.45) is 4.99 Å². The normalized spacial score (nSPS) is 17.9. The van der Waals surface area contributed by atoms with Crippen molar-refractivity contribution in [1.82, 2.24) is 25.8 Å². The van der Waals surface area contributed by atoms with Crippen molar-refractivity contribution in [3.05, 3.63) is 29.8 Å². The molecule has 3 N–H and O–H groups in total. The highest BCUT2D eigenvalue weighted by Crippen LogP contribution is 2.31. The summed E-state index contributed by atoms with van der Waals surface area (Å²) in [5.74, 6) is 1.35. The van der Waals surface area contributed by atoms with Gasteiger partial charge in [-0.05, 0) is 38.9 Å². The van der Waals surface area contributed by atoms with Crippen LogP contribution in [-0.4, -0.2) is 80.6 Å². The Bertz CT molecular complexity index is 753. The smallest absolute Gasteiger partial charge is 0.324 e. The lowest BCUT2D eigenvalue weighted by Gasteiger charge is -2.28. The number of halogens is 1. The van der Waals surface area contributed by atoms with Crippen LogP contribution in [0.1, 0.15) is 31.4 Å². The van der Waals surface area contributed by atoms with Crippen molar-refractivity contribution in [3.63, 3.8) is 0 Å². The molecule has 2 aliphatic heterocycles. The molecular formula is C21H33IN6O3. The first-order valence-corrected chi connectivity index (χ1v) is 10.6. The van der Waals surface area contributed by atoms with E-state index in [0.29, 0.717) is 25.6 Å². The Balaban J connectivity index is 0.00000341. The van der Waals surface area contributed by atoms with Crippen molar-refractivity contribution >= 4 is 41.9 Å². The SMILES string of the molecule is CCNC(=NCC(c1ccccc1OC)N1CCCC1)NCCN1C(=O)CNC1=O.I. The van der Waals surface area contributed by atoms with Gasteiger partial charge in [0, 0.05) is 25.2 Å². The summed E-state index contributed by atoms with van der Waals surface area (Å²) >= 11 is 0. The molecule has 3 rings (SSSR count). The first kappa shape index (κ1) is 25.2. The third-order valence-electron chi connectivity index (χ3n) is 5.41. The highest BCUT2D eigenvalue weighted by molar-refractivity contribution is 14.0. The summed E-state index contributed by atoms with van der Waals surface area (Å²) in [5.41, 5.74) is 1.14. The lowest BCUT2D eigenvalue weighted by Crippen LogP contribution is -2.43. The van der Waals surface area contributed by atoms with Crippen molar-refractivity contribution in [1.29, 1.82) is 0 Å². The van der Waals surface area contributed by atoms with E-state index in [1.807, 2.05) is 25.1 Å². The van der Waals surface area contributed by atoms with Crippen molar-refractivity contribution in [2.75, 3.05) is 52.9 Å². The van der Waals surface area contributed by atoms with Gasteiger partial charge in [-0.25, -0.2) is 4.79 Å². The molecular weight excluding hydrogens is 511 g/mol. The van der Waals surface area contributed by atoms with E-state index in [0.717, 1.165) is 30.9 Å². The second-order valence-electron chi connectivity index (χ2n) is 7.35. The minimum atomic E-state index is -0.339. The second-order valence-corrected chi connectivity index (χ2v) is 7.35. The molecule has 0 bridgehead atoms. The van der Waals surface area contributed by atoms with Gasteiger partial charge >= 0.3 is 6.03 Å². The Morgan fingerprint density at radius 2 is 1.97 bits per heavy atom. The summed E-state index contributed by atoms with van der Waals surface area (Å²) in [6.07, 6.45) is 2.39. The number of nitrogens with zero attached hydrogens (tertiary/aromatic N) is 3. The monoisotopic (exact) mass is 544 g/mol. The molecule has 31 heavy (non-hydrogen) atoms. The number of guanidine groups is 1. The summed E-state index contributed by atoms with van der Waals surface area (Å²) in [6, 6.07) is 7.90. The topological polar surface area (TPSA) is 98.3 Å². The van der Waals surface area contributed by atoms with Crippen LogP contribution in [0.5, 0.6) is 5.75 Å². The zero-order valence-corrected chi connectivity index (χ0v) is 20.6. The minimum absolute atomic E-state index is 0. The van der Waals surface area contributed by atoms with Gasteiger partial charge in [0.05, 0.1) is 26.2 Å². The Labute approximate surface area is 201 Å². The number of methoxy groups -OCH3 is 1. The second kappa shape index (κ2) is 12.7. The number of hydrogen-bond donors (Lipinski definition) is 3. The fourth-order valence-electron chi connectivity index (χ4n) is 3.89. The Morgan fingerprint density at radius 3 is 2.61 bits per heavy atom. The first-order chi connectivity index (χ1) is 14.6. The average Bonchev–Trinajstić information content (AvgIpc) is 3.40. The molecule has 2 aliphatic rings. The molecule has 0 radical (unpaired) electrons. The van der Waals surface area contributed by atoms with Gasteiger partial charge in [-0.2, -0.15) is 0 Å². The molecule has 1 aromatic carbocycles. The van der Waals surface area contributed by atoms with E-state index in [4.69, 9.17) is 9.73 Å². The van der Waals surface area contributed by atoms with Crippen LogP contribution in [0.3, 0.4) is 0 Å². The first-order valence-electron chi connectivity index (χ1n) is 10.6. The fraction of sp³-hybridized carbons (Fsp3) is 0.571. The number of amides is 3. The summed E-state index contributed by atoms with van der Waals surface area (Å²) in [7, 11) is 1.70. The molecule has 0 saturated carbocycles. The predicted molar refractivity (Wildman–Crippen MR) is 131 cm³/mol. The van der Waals surface area contributed by atoms with Gasteiger partial charge in [0.15, 0.2) is 5.96 Å². The van der Waals surface area contributed by atoms with Crippen LogP contribution >= 0.6 is 24.0 Å². The maximum absolute atomic E-state index is 11.7. The number of ether oxygens (including phenoxy) is 1. The predicted octanol–water partition coefficient (Wildman–Crippen LogP) is 1.56. The average molecular weight is 544 g/mol. The van der Waals surface area contributed by atoms with Crippen LogP contribution < -0.4 is 20.7 Å². The van der Waals surface area contributed by atoms with Crippen LogP contribution in [0.2, 0.25) is 0 Å². The van der Waals surface area contributed by atoms with Gasteiger partial charge in [-0.1, -0.05) is 18.2 Å². The molecule has 3 amide bonds. The third kappa shape index (κ3) is 6.70. The molecule has 9 nitrogen and oxygen atoms in total. The van der Waals surface area contributed by atoms with Crippen LogP contribution in [0.25, 0.3) is 0 Å². The number of benzene rings is 1. The lowest BCUT2D eigenvalue weighted by atomic mass is 10.0. The minimum Gasteiger partial charge on any atom is -0.496 e. The van der Waals surface area contributed by atoms with E-state index in [-0.39, 0.29) is 48.5 Å². The Hall–Kier alpha value is -2.08. The number of carbonyl (C=O) groups excluding carboxylic acids is 2. The summed E-state index contributed by atoms with van der Waals surface area (Å²) in [6.45, 7) is 6.22. The maximum atomic E-state index is 11.7. The van der Waals surface area contributed by atoms with Crippen LogP contribution in [0, 0.1) is 0 Å². The number of aliphatic imine (C=N–C) groups is 1. The highest BCUT2D eigenvalue weighted by Gasteiger charge is 2.28. The van der Waals surface area contributed by atoms with Crippen LogP contribution in [-0.2, 0) is 4.79 Å². The Morgan fingerprint density at radius 1 is 1.23 bits per heavy atom. The number of likely N-dealkylation sites (tertiary alicyclic amines) is 1. The molecule has 0 aliphatic carbocycles. The van der Waals surface area contributed by atoms with E-state index in [1.54, 1.807) is 7.11 Å². The van der Waals surface area contributed by atoms with E-state index < -0.39 is 0 Å². The van der Waals surface area contributed by atoms with Gasteiger partial charge in [-0.15, -0.1) is 24.0 Å². The molecule has 2 heterocycles. The third-order valence-corrected chi connectivity index (χ3v) is 5.41. The molecule has 172 valence electrons. The van der Waals surface area contributed by atoms with E-state index in [2.05, 4.69) is 26.9 Å². The van der Waals surface area contributed by atoms with Crippen molar-refractivity contribution < 1.29 is 14.3 Å². The van der Waals surface area contributed by atoms with Gasteiger partial charge < -0.3 is 20.7 Å². The molecule has 1 aromatic rings. The molecule has 10 heteroatoms. The van der Waals surface area contributed by atoms with Crippen molar-refractivity contribution in [2.45, 2.75) is 25.8 Å². The van der Waals surface area contributed by atoms with E-state index >= 15 is 0 Å². The van der Waals surface area contributed by atoms with Crippen molar-refractivity contribution in [3.8, 4) is 5.75 Å².